The summed E-state index contributed by atoms with van der Waals surface area (Å²) in [7, 11) is 0. The van der Waals surface area contributed by atoms with Crippen molar-refractivity contribution in [2.75, 3.05) is 6.54 Å². The molecule has 3 atom stereocenters. The summed E-state index contributed by atoms with van der Waals surface area (Å²) in [6.45, 7) is 4.79. The highest BCUT2D eigenvalue weighted by atomic mass is 19.1. The first-order chi connectivity index (χ1) is 8.99. The first-order valence-corrected chi connectivity index (χ1v) is 6.72. The van der Waals surface area contributed by atoms with Gasteiger partial charge in [-0.3, -0.25) is 9.69 Å². The molecule has 0 aromatic heterocycles. The molecule has 0 saturated carbocycles. The van der Waals surface area contributed by atoms with Crippen LogP contribution >= 0.6 is 0 Å². The van der Waals surface area contributed by atoms with Crippen LogP contribution in [0.4, 0.5) is 4.39 Å². The average Bonchev–Trinajstić information content (AvgIpc) is 2.71. The van der Waals surface area contributed by atoms with Crippen LogP contribution in [0.2, 0.25) is 0 Å². The van der Waals surface area contributed by atoms with Crippen LogP contribution in [0.1, 0.15) is 25.8 Å². The third-order valence-corrected chi connectivity index (χ3v) is 3.98. The van der Waals surface area contributed by atoms with Gasteiger partial charge in [-0.25, -0.2) is 4.39 Å². The molecule has 2 rings (SSSR count). The van der Waals surface area contributed by atoms with E-state index < -0.39 is 12.0 Å². The van der Waals surface area contributed by atoms with Crippen LogP contribution in [0.3, 0.4) is 0 Å². The molecule has 0 aliphatic carbocycles. The number of likely N-dealkylation sites (tertiary alicyclic amines) is 1. The number of carboxylic acid groups (broad SMARTS) is 1. The van der Waals surface area contributed by atoms with Crippen molar-refractivity contribution in [1.82, 2.24) is 4.90 Å². The van der Waals surface area contributed by atoms with Crippen LogP contribution < -0.4 is 0 Å². The summed E-state index contributed by atoms with van der Waals surface area (Å²) in [4.78, 5) is 13.4. The van der Waals surface area contributed by atoms with E-state index in [2.05, 4.69) is 0 Å². The molecule has 104 valence electrons. The number of hydrogen-bond acceptors (Lipinski definition) is 2. The number of carbonyl (C=O) groups is 1. The summed E-state index contributed by atoms with van der Waals surface area (Å²) in [6, 6.07) is 6.21. The molecular weight excluding hydrogens is 245 g/mol. The molecular formula is C15H20FNO2. The van der Waals surface area contributed by atoms with Crippen molar-refractivity contribution < 1.29 is 14.3 Å². The highest BCUT2D eigenvalue weighted by Gasteiger charge is 2.38. The van der Waals surface area contributed by atoms with Gasteiger partial charge in [0.2, 0.25) is 0 Å². The topological polar surface area (TPSA) is 40.5 Å². The molecule has 1 aromatic rings. The molecule has 1 fully saturated rings. The van der Waals surface area contributed by atoms with Crippen LogP contribution in [0.5, 0.6) is 0 Å². The first-order valence-electron chi connectivity index (χ1n) is 6.72. The van der Waals surface area contributed by atoms with E-state index in [1.54, 1.807) is 6.07 Å². The van der Waals surface area contributed by atoms with Gasteiger partial charge in [0.25, 0.3) is 0 Å². The minimum absolute atomic E-state index is 0.104. The molecule has 1 aliphatic heterocycles. The van der Waals surface area contributed by atoms with Crippen LogP contribution in [0.15, 0.2) is 24.3 Å². The minimum Gasteiger partial charge on any atom is -0.480 e. The highest BCUT2D eigenvalue weighted by Crippen LogP contribution is 2.27. The quantitative estimate of drug-likeness (QED) is 0.909. The number of benzene rings is 1. The molecule has 0 spiro atoms. The zero-order valence-electron chi connectivity index (χ0n) is 11.3. The van der Waals surface area contributed by atoms with Gasteiger partial charge in [0.05, 0.1) is 0 Å². The van der Waals surface area contributed by atoms with Crippen molar-refractivity contribution in [3.05, 3.63) is 35.6 Å². The molecule has 3 nitrogen and oxygen atoms in total. The second kappa shape index (κ2) is 5.70. The smallest absolute Gasteiger partial charge is 0.321 e. The maximum absolute atomic E-state index is 13.2. The van der Waals surface area contributed by atoms with E-state index in [1.165, 1.54) is 12.1 Å². The molecule has 1 saturated heterocycles. The fourth-order valence-corrected chi connectivity index (χ4v) is 2.98. The second-order valence-corrected chi connectivity index (χ2v) is 5.47. The normalized spacial score (nSPS) is 25.4. The zero-order valence-corrected chi connectivity index (χ0v) is 11.3. The van der Waals surface area contributed by atoms with Gasteiger partial charge in [-0.2, -0.15) is 0 Å². The van der Waals surface area contributed by atoms with Crippen molar-refractivity contribution in [1.29, 1.82) is 0 Å². The maximum atomic E-state index is 13.2. The Morgan fingerprint density at radius 2 is 2.32 bits per heavy atom. The van der Waals surface area contributed by atoms with E-state index in [9.17, 15) is 14.3 Å². The van der Waals surface area contributed by atoms with Crippen LogP contribution in [-0.2, 0) is 11.2 Å². The van der Waals surface area contributed by atoms with Crippen molar-refractivity contribution in [3.63, 3.8) is 0 Å². The van der Waals surface area contributed by atoms with Gasteiger partial charge in [0.1, 0.15) is 11.9 Å². The van der Waals surface area contributed by atoms with Gasteiger partial charge >= 0.3 is 5.97 Å². The Labute approximate surface area is 113 Å². The number of rotatable bonds is 4. The van der Waals surface area contributed by atoms with Gasteiger partial charge in [-0.15, -0.1) is 0 Å². The Hall–Kier alpha value is -1.42. The third kappa shape index (κ3) is 3.13. The lowest BCUT2D eigenvalue weighted by molar-refractivity contribution is -0.144. The number of hydrogen-bond donors (Lipinski definition) is 1. The summed E-state index contributed by atoms with van der Waals surface area (Å²) in [5.41, 5.74) is 0.913. The van der Waals surface area contributed by atoms with Crippen LogP contribution in [0.25, 0.3) is 0 Å². The molecule has 0 radical (unpaired) electrons. The van der Waals surface area contributed by atoms with Gasteiger partial charge in [0, 0.05) is 6.04 Å². The molecule has 1 N–H and O–H groups in total. The summed E-state index contributed by atoms with van der Waals surface area (Å²) in [5, 5.41) is 9.31. The Bertz CT molecular complexity index is 463. The monoisotopic (exact) mass is 265 g/mol. The van der Waals surface area contributed by atoms with E-state index in [1.807, 2.05) is 24.8 Å². The highest BCUT2D eigenvalue weighted by molar-refractivity contribution is 5.74. The van der Waals surface area contributed by atoms with Gasteiger partial charge in [-0.05, 0) is 49.9 Å². The summed E-state index contributed by atoms with van der Waals surface area (Å²) >= 11 is 0. The Kier molecular flexibility index (Phi) is 4.20. The SMILES string of the molecule is CC1CCN(C(C)Cc2cccc(F)c2)C1C(=O)O. The Balaban J connectivity index is 2.07. The van der Waals surface area contributed by atoms with Gasteiger partial charge in [0.15, 0.2) is 0 Å². The van der Waals surface area contributed by atoms with E-state index in [0.717, 1.165) is 18.5 Å². The number of nitrogens with zero attached hydrogens (tertiary/aromatic N) is 1. The minimum atomic E-state index is -0.754. The van der Waals surface area contributed by atoms with E-state index >= 15 is 0 Å². The van der Waals surface area contributed by atoms with Gasteiger partial charge in [-0.1, -0.05) is 19.1 Å². The van der Waals surface area contributed by atoms with Crippen LogP contribution in [-0.4, -0.2) is 34.6 Å². The summed E-state index contributed by atoms with van der Waals surface area (Å²) in [6.07, 6.45) is 1.58. The van der Waals surface area contributed by atoms with Crippen LogP contribution in [0, 0.1) is 11.7 Å². The molecule has 1 aliphatic rings. The van der Waals surface area contributed by atoms with Crippen molar-refractivity contribution in [2.45, 2.75) is 38.8 Å². The fourth-order valence-electron chi connectivity index (χ4n) is 2.98. The second-order valence-electron chi connectivity index (χ2n) is 5.47. The lowest BCUT2D eigenvalue weighted by Crippen LogP contribution is -2.44. The molecule has 3 unspecified atom stereocenters. The fraction of sp³-hybridized carbons (Fsp3) is 0.533. The van der Waals surface area contributed by atoms with Gasteiger partial charge < -0.3 is 5.11 Å². The lowest BCUT2D eigenvalue weighted by Gasteiger charge is -2.29. The number of aliphatic carboxylic acids is 1. The molecule has 4 heteroatoms. The largest absolute Gasteiger partial charge is 0.480 e. The van der Waals surface area contributed by atoms with E-state index in [4.69, 9.17) is 0 Å². The molecule has 1 heterocycles. The first kappa shape index (κ1) is 14.0. The number of halogens is 1. The predicted molar refractivity (Wildman–Crippen MR) is 71.5 cm³/mol. The Morgan fingerprint density at radius 3 is 2.95 bits per heavy atom. The van der Waals surface area contributed by atoms with E-state index in [-0.39, 0.29) is 17.8 Å². The third-order valence-electron chi connectivity index (χ3n) is 3.98. The molecule has 19 heavy (non-hydrogen) atoms. The number of carboxylic acids is 1. The lowest BCUT2D eigenvalue weighted by atomic mass is 10.0. The standard InChI is InChI=1S/C15H20FNO2/c1-10-6-7-17(14(10)15(18)19)11(2)8-12-4-3-5-13(16)9-12/h3-5,9-11,14H,6-8H2,1-2H3,(H,18,19). The summed E-state index contributed by atoms with van der Waals surface area (Å²) in [5.74, 6) is -0.821. The zero-order chi connectivity index (χ0) is 14.0. The average molecular weight is 265 g/mol. The van der Waals surface area contributed by atoms with E-state index in [0.29, 0.717) is 6.42 Å². The van der Waals surface area contributed by atoms with Crippen molar-refractivity contribution in [3.8, 4) is 0 Å². The Morgan fingerprint density at radius 1 is 1.58 bits per heavy atom. The van der Waals surface area contributed by atoms with Crippen molar-refractivity contribution in [2.24, 2.45) is 5.92 Å². The predicted octanol–water partition coefficient (Wildman–Crippen LogP) is 2.55. The molecule has 1 aromatic carbocycles. The van der Waals surface area contributed by atoms with Crippen molar-refractivity contribution >= 4 is 5.97 Å². The molecule has 0 amide bonds. The molecule has 0 bridgehead atoms. The summed E-state index contributed by atoms with van der Waals surface area (Å²) < 4.78 is 13.2. The maximum Gasteiger partial charge on any atom is 0.321 e.